The number of aromatic nitrogens is 5. The van der Waals surface area contributed by atoms with Gasteiger partial charge in [-0.3, -0.25) is 0 Å². The average Bonchev–Trinajstić information content (AvgIpc) is 3.05. The summed E-state index contributed by atoms with van der Waals surface area (Å²) in [5, 5.41) is 8.33. The first kappa shape index (κ1) is 9.35. The standard InChI is InChI=1S/C13H9N5/c1-2-12(13-14-9-16-18(13)6-1)10-4-7-17-11(8-10)3-5-15-17/h1-9H. The fourth-order valence-electron chi connectivity index (χ4n) is 2.16. The van der Waals surface area contributed by atoms with Crippen LogP contribution in [0.1, 0.15) is 0 Å². The summed E-state index contributed by atoms with van der Waals surface area (Å²) in [6, 6.07) is 10.1. The lowest BCUT2D eigenvalue weighted by molar-refractivity contribution is 0.958. The van der Waals surface area contributed by atoms with Crippen LogP contribution in [0.4, 0.5) is 0 Å². The van der Waals surface area contributed by atoms with Crippen molar-refractivity contribution in [2.24, 2.45) is 0 Å². The van der Waals surface area contributed by atoms with Gasteiger partial charge >= 0.3 is 0 Å². The Morgan fingerprint density at radius 3 is 2.94 bits per heavy atom. The predicted molar refractivity (Wildman–Crippen MR) is 67.2 cm³/mol. The van der Waals surface area contributed by atoms with Gasteiger partial charge in [-0.05, 0) is 35.9 Å². The van der Waals surface area contributed by atoms with Gasteiger partial charge in [0.2, 0.25) is 0 Å². The molecule has 86 valence electrons. The summed E-state index contributed by atoms with van der Waals surface area (Å²) in [6.07, 6.45) is 7.20. The fourth-order valence-corrected chi connectivity index (χ4v) is 2.16. The molecule has 0 aliphatic rings. The van der Waals surface area contributed by atoms with Gasteiger partial charge in [0, 0.05) is 24.2 Å². The number of nitrogens with zero attached hydrogens (tertiary/aromatic N) is 5. The van der Waals surface area contributed by atoms with Crippen molar-refractivity contribution in [3.8, 4) is 11.1 Å². The summed E-state index contributed by atoms with van der Waals surface area (Å²) in [7, 11) is 0. The Balaban J connectivity index is 2.03. The maximum atomic E-state index is 4.29. The minimum Gasteiger partial charge on any atom is -0.241 e. The second-order valence-electron chi connectivity index (χ2n) is 4.07. The number of rotatable bonds is 1. The minimum absolute atomic E-state index is 0.862. The van der Waals surface area contributed by atoms with E-state index in [-0.39, 0.29) is 0 Å². The highest BCUT2D eigenvalue weighted by Gasteiger charge is 2.06. The molecule has 0 bridgehead atoms. The average molecular weight is 235 g/mol. The highest BCUT2D eigenvalue weighted by molar-refractivity contribution is 5.79. The van der Waals surface area contributed by atoms with Crippen LogP contribution in [0.25, 0.3) is 22.3 Å². The zero-order valence-electron chi connectivity index (χ0n) is 9.43. The van der Waals surface area contributed by atoms with Crippen molar-refractivity contribution in [2.75, 3.05) is 0 Å². The molecule has 0 aromatic carbocycles. The summed E-state index contributed by atoms with van der Waals surface area (Å²) in [5.74, 6) is 0. The zero-order chi connectivity index (χ0) is 11.9. The van der Waals surface area contributed by atoms with E-state index in [9.17, 15) is 0 Å². The van der Waals surface area contributed by atoms with E-state index in [1.165, 1.54) is 0 Å². The van der Waals surface area contributed by atoms with Crippen LogP contribution in [-0.4, -0.2) is 24.2 Å². The molecule has 4 aromatic rings. The van der Waals surface area contributed by atoms with Crippen molar-refractivity contribution in [3.05, 3.63) is 55.2 Å². The first-order valence-electron chi connectivity index (χ1n) is 5.64. The molecule has 0 saturated carbocycles. The van der Waals surface area contributed by atoms with Crippen molar-refractivity contribution in [2.45, 2.75) is 0 Å². The fraction of sp³-hybridized carbons (Fsp3) is 0. The van der Waals surface area contributed by atoms with E-state index in [0.717, 1.165) is 22.3 Å². The van der Waals surface area contributed by atoms with Gasteiger partial charge in [-0.25, -0.2) is 14.0 Å². The Labute approximate surface area is 102 Å². The molecule has 0 aliphatic carbocycles. The van der Waals surface area contributed by atoms with Crippen LogP contribution in [0, 0.1) is 0 Å². The molecule has 0 atom stereocenters. The molecule has 0 spiro atoms. The van der Waals surface area contributed by atoms with Gasteiger partial charge in [0.25, 0.3) is 0 Å². The van der Waals surface area contributed by atoms with E-state index >= 15 is 0 Å². The molecule has 18 heavy (non-hydrogen) atoms. The van der Waals surface area contributed by atoms with Gasteiger partial charge in [-0.2, -0.15) is 10.2 Å². The van der Waals surface area contributed by atoms with Crippen molar-refractivity contribution >= 4 is 11.2 Å². The molecule has 0 N–H and O–H groups in total. The Bertz CT molecular complexity index is 842. The van der Waals surface area contributed by atoms with E-state index in [1.54, 1.807) is 17.0 Å². The molecule has 0 unspecified atom stereocenters. The van der Waals surface area contributed by atoms with Gasteiger partial charge in [-0.1, -0.05) is 0 Å². The van der Waals surface area contributed by atoms with E-state index < -0.39 is 0 Å². The van der Waals surface area contributed by atoms with Crippen molar-refractivity contribution < 1.29 is 0 Å². The lowest BCUT2D eigenvalue weighted by atomic mass is 10.1. The number of pyridine rings is 2. The van der Waals surface area contributed by atoms with Gasteiger partial charge < -0.3 is 0 Å². The van der Waals surface area contributed by atoms with Crippen LogP contribution < -0.4 is 0 Å². The van der Waals surface area contributed by atoms with E-state index in [0.29, 0.717) is 0 Å². The van der Waals surface area contributed by atoms with Crippen molar-refractivity contribution in [1.29, 1.82) is 0 Å². The third-order valence-electron chi connectivity index (χ3n) is 3.01. The van der Waals surface area contributed by atoms with E-state index in [4.69, 9.17) is 0 Å². The molecule has 5 nitrogen and oxygen atoms in total. The lowest BCUT2D eigenvalue weighted by Crippen LogP contribution is -1.91. The molecule has 4 rings (SSSR count). The molecule has 4 aromatic heterocycles. The molecule has 4 heterocycles. The van der Waals surface area contributed by atoms with E-state index in [2.05, 4.69) is 21.2 Å². The molecule has 0 radical (unpaired) electrons. The molecule has 0 amide bonds. The van der Waals surface area contributed by atoms with Gasteiger partial charge in [0.15, 0.2) is 5.65 Å². The second kappa shape index (κ2) is 3.40. The van der Waals surface area contributed by atoms with Crippen LogP contribution in [0.3, 0.4) is 0 Å². The largest absolute Gasteiger partial charge is 0.241 e. The molecule has 5 heteroatoms. The first-order valence-corrected chi connectivity index (χ1v) is 5.64. The molecular weight excluding hydrogens is 226 g/mol. The van der Waals surface area contributed by atoms with Gasteiger partial charge in [0.1, 0.15) is 6.33 Å². The molecule has 0 aliphatic heterocycles. The SMILES string of the molecule is c1cc(-c2ccn3nccc3c2)c2ncnn2c1. The molecule has 0 saturated heterocycles. The third kappa shape index (κ3) is 1.24. The number of hydrogen-bond acceptors (Lipinski definition) is 3. The van der Waals surface area contributed by atoms with E-state index in [1.807, 2.05) is 41.2 Å². The first-order chi connectivity index (χ1) is 8.92. The van der Waals surface area contributed by atoms with Crippen LogP contribution >= 0.6 is 0 Å². The van der Waals surface area contributed by atoms with Crippen molar-refractivity contribution in [3.63, 3.8) is 0 Å². The number of hydrogen-bond donors (Lipinski definition) is 0. The highest BCUT2D eigenvalue weighted by Crippen LogP contribution is 2.23. The summed E-state index contributed by atoms with van der Waals surface area (Å²) in [4.78, 5) is 4.29. The van der Waals surface area contributed by atoms with Gasteiger partial charge in [0.05, 0.1) is 5.52 Å². The number of fused-ring (bicyclic) bond motifs is 2. The zero-order valence-corrected chi connectivity index (χ0v) is 9.43. The topological polar surface area (TPSA) is 47.5 Å². The Morgan fingerprint density at radius 1 is 0.944 bits per heavy atom. The van der Waals surface area contributed by atoms with Crippen molar-refractivity contribution in [1.82, 2.24) is 24.2 Å². The minimum atomic E-state index is 0.862. The smallest absolute Gasteiger partial charge is 0.163 e. The maximum absolute atomic E-state index is 4.29. The van der Waals surface area contributed by atoms with Crippen LogP contribution in [0.5, 0.6) is 0 Å². The Morgan fingerprint density at radius 2 is 1.94 bits per heavy atom. The summed E-state index contributed by atoms with van der Waals surface area (Å²) in [5.41, 5.74) is 4.11. The third-order valence-corrected chi connectivity index (χ3v) is 3.01. The van der Waals surface area contributed by atoms with Crippen LogP contribution in [-0.2, 0) is 0 Å². The highest BCUT2D eigenvalue weighted by atomic mass is 15.3. The summed E-state index contributed by atoms with van der Waals surface area (Å²) in [6.45, 7) is 0. The summed E-state index contributed by atoms with van der Waals surface area (Å²) < 4.78 is 3.61. The maximum Gasteiger partial charge on any atom is 0.163 e. The van der Waals surface area contributed by atoms with Crippen LogP contribution in [0.2, 0.25) is 0 Å². The second-order valence-corrected chi connectivity index (χ2v) is 4.07. The molecule has 0 fully saturated rings. The quantitative estimate of drug-likeness (QED) is 0.507. The monoisotopic (exact) mass is 235 g/mol. The van der Waals surface area contributed by atoms with Crippen LogP contribution in [0.15, 0.2) is 55.2 Å². The summed E-state index contributed by atoms with van der Waals surface area (Å²) >= 11 is 0. The van der Waals surface area contributed by atoms with Gasteiger partial charge in [-0.15, -0.1) is 0 Å². The Kier molecular flexibility index (Phi) is 1.77. The predicted octanol–water partition coefficient (Wildman–Crippen LogP) is 2.04. The lowest BCUT2D eigenvalue weighted by Gasteiger charge is -2.03. The Hall–Kier alpha value is -2.69. The molecular formula is C13H9N5. The normalized spacial score (nSPS) is 11.3.